The molecule has 0 aliphatic carbocycles. The van der Waals surface area contributed by atoms with E-state index in [1.165, 1.54) is 5.56 Å². The van der Waals surface area contributed by atoms with Gasteiger partial charge in [0.2, 0.25) is 0 Å². The van der Waals surface area contributed by atoms with Gasteiger partial charge in [0.1, 0.15) is 0 Å². The molecule has 8 nitrogen and oxygen atoms in total. The van der Waals surface area contributed by atoms with Crippen LogP contribution in [0.3, 0.4) is 0 Å². The number of hydrogen-bond donors (Lipinski definition) is 1. The van der Waals surface area contributed by atoms with E-state index >= 15 is 0 Å². The summed E-state index contributed by atoms with van der Waals surface area (Å²) in [5.41, 5.74) is 1.29. The fourth-order valence-corrected chi connectivity index (χ4v) is 4.78. The summed E-state index contributed by atoms with van der Waals surface area (Å²) < 4.78 is 24.8. The molecule has 1 unspecified atom stereocenters. The minimum absolute atomic E-state index is 0. The van der Waals surface area contributed by atoms with E-state index in [4.69, 9.17) is 0 Å². The third-order valence-corrected chi connectivity index (χ3v) is 6.65. The summed E-state index contributed by atoms with van der Waals surface area (Å²) in [7, 11) is 0.953. The maximum atomic E-state index is 11.5. The van der Waals surface area contributed by atoms with Crippen molar-refractivity contribution >= 4 is 39.8 Å². The van der Waals surface area contributed by atoms with Gasteiger partial charge in [-0.1, -0.05) is 0 Å². The number of nitrogens with zero attached hydrogens (tertiary/aromatic N) is 5. The Labute approximate surface area is 173 Å². The van der Waals surface area contributed by atoms with Crippen molar-refractivity contribution in [2.45, 2.75) is 12.3 Å². The molecule has 2 aliphatic rings. The van der Waals surface area contributed by atoms with Gasteiger partial charge in [0.05, 0.1) is 17.7 Å². The molecule has 0 spiro atoms. The molecule has 2 aliphatic heterocycles. The number of likely N-dealkylation sites (tertiary alicyclic amines) is 1. The minimum Gasteiger partial charge on any atom is -0.355 e. The highest BCUT2D eigenvalue weighted by Gasteiger charge is 2.27. The number of aromatic nitrogens is 2. The van der Waals surface area contributed by atoms with Gasteiger partial charge >= 0.3 is 0 Å². The van der Waals surface area contributed by atoms with E-state index in [0.29, 0.717) is 19.0 Å². The molecular weight excluding hydrogens is 467 g/mol. The molecule has 3 heterocycles. The summed E-state index contributed by atoms with van der Waals surface area (Å²) in [5, 5.41) is 7.69. The van der Waals surface area contributed by atoms with Gasteiger partial charge in [0.25, 0.3) is 0 Å². The molecular formula is C16H29IN6O2S. The van der Waals surface area contributed by atoms with E-state index in [1.807, 2.05) is 25.0 Å². The van der Waals surface area contributed by atoms with Crippen molar-refractivity contribution in [2.75, 3.05) is 57.8 Å². The summed E-state index contributed by atoms with van der Waals surface area (Å²) in [6, 6.07) is 0. The minimum atomic E-state index is -2.81. The summed E-state index contributed by atoms with van der Waals surface area (Å²) in [6.07, 6.45) is 5.15. The van der Waals surface area contributed by atoms with Gasteiger partial charge in [-0.3, -0.25) is 14.6 Å². The van der Waals surface area contributed by atoms with Crippen LogP contribution in [0.4, 0.5) is 0 Å². The van der Waals surface area contributed by atoms with E-state index in [9.17, 15) is 8.42 Å². The molecule has 0 radical (unpaired) electrons. The van der Waals surface area contributed by atoms with Gasteiger partial charge < -0.3 is 10.2 Å². The molecule has 2 fully saturated rings. The Kier molecular flexibility index (Phi) is 7.71. The fraction of sp³-hybridized carbons (Fsp3) is 0.750. The molecule has 1 N–H and O–H groups in total. The second-order valence-corrected chi connectivity index (χ2v) is 9.15. The molecule has 0 saturated carbocycles. The molecule has 0 amide bonds. The Hall–Kier alpha value is -0.880. The van der Waals surface area contributed by atoms with Crippen molar-refractivity contribution in [3.63, 3.8) is 0 Å². The predicted molar refractivity (Wildman–Crippen MR) is 114 cm³/mol. The van der Waals surface area contributed by atoms with E-state index in [2.05, 4.69) is 31.4 Å². The molecule has 2 saturated heterocycles. The number of aryl methyl sites for hydroxylation is 1. The van der Waals surface area contributed by atoms with Crippen molar-refractivity contribution in [1.29, 1.82) is 0 Å². The third kappa shape index (κ3) is 5.56. The molecule has 0 aromatic carbocycles. The average molecular weight is 496 g/mol. The first-order chi connectivity index (χ1) is 12.0. The van der Waals surface area contributed by atoms with Crippen molar-refractivity contribution in [1.82, 2.24) is 24.9 Å². The highest BCUT2D eigenvalue weighted by atomic mass is 127. The van der Waals surface area contributed by atoms with Crippen molar-refractivity contribution in [3.8, 4) is 0 Å². The maximum absolute atomic E-state index is 11.5. The van der Waals surface area contributed by atoms with E-state index < -0.39 is 9.84 Å². The van der Waals surface area contributed by atoms with Gasteiger partial charge in [0.15, 0.2) is 15.8 Å². The van der Waals surface area contributed by atoms with E-state index in [0.717, 1.165) is 38.6 Å². The molecule has 10 heteroatoms. The summed E-state index contributed by atoms with van der Waals surface area (Å²) in [5.74, 6) is 1.98. The van der Waals surface area contributed by atoms with Crippen LogP contribution in [0.25, 0.3) is 0 Å². The lowest BCUT2D eigenvalue weighted by molar-refractivity contribution is 0.298. The molecule has 1 atom stereocenters. The first kappa shape index (κ1) is 21.4. The topological polar surface area (TPSA) is 82.8 Å². The number of halogens is 1. The maximum Gasteiger partial charge on any atom is 0.193 e. The number of aliphatic imine (C=N–C) groups is 1. The number of nitrogens with one attached hydrogen (secondary N) is 1. The van der Waals surface area contributed by atoms with Gasteiger partial charge in [0, 0.05) is 65.5 Å². The zero-order chi connectivity index (χ0) is 17.9. The Morgan fingerprint density at radius 3 is 2.69 bits per heavy atom. The summed E-state index contributed by atoms with van der Waals surface area (Å²) >= 11 is 0. The van der Waals surface area contributed by atoms with Crippen molar-refractivity contribution in [3.05, 3.63) is 18.0 Å². The van der Waals surface area contributed by atoms with Crippen LogP contribution in [0, 0.1) is 0 Å². The smallest absolute Gasteiger partial charge is 0.193 e. The monoisotopic (exact) mass is 496 g/mol. The second kappa shape index (κ2) is 9.36. The number of hydrogen-bond acceptors (Lipinski definition) is 5. The molecule has 26 heavy (non-hydrogen) atoms. The highest BCUT2D eigenvalue weighted by Crippen LogP contribution is 2.26. The molecule has 0 bridgehead atoms. The molecule has 3 rings (SSSR count). The van der Waals surface area contributed by atoms with Crippen LogP contribution in [-0.2, 0) is 16.9 Å². The van der Waals surface area contributed by atoms with Crippen LogP contribution in [-0.4, -0.2) is 91.8 Å². The van der Waals surface area contributed by atoms with Crippen LogP contribution < -0.4 is 5.32 Å². The molecule has 148 valence electrons. The third-order valence-electron chi connectivity index (χ3n) is 5.04. The summed E-state index contributed by atoms with van der Waals surface area (Å²) in [4.78, 5) is 8.89. The lowest BCUT2D eigenvalue weighted by atomic mass is 10.0. The fourth-order valence-electron chi connectivity index (χ4n) is 3.51. The summed E-state index contributed by atoms with van der Waals surface area (Å²) in [6.45, 7) is 4.83. The average Bonchev–Trinajstić information content (AvgIpc) is 3.22. The Morgan fingerprint density at radius 1 is 1.35 bits per heavy atom. The standard InChI is InChI=1S/C16H28N6O2S.HI/c1-17-16(18-4-6-21-7-9-25(23,24)10-8-21)22-5-3-14(13-22)15-11-19-20(2)12-15;/h11-12,14H,3-10,13H2,1-2H3,(H,17,18);1H. The molecule has 1 aromatic heterocycles. The lowest BCUT2D eigenvalue weighted by Crippen LogP contribution is -2.46. The number of rotatable bonds is 4. The zero-order valence-electron chi connectivity index (χ0n) is 15.5. The van der Waals surface area contributed by atoms with Crippen LogP contribution in [0.2, 0.25) is 0 Å². The van der Waals surface area contributed by atoms with Crippen LogP contribution in [0.15, 0.2) is 17.4 Å². The lowest BCUT2D eigenvalue weighted by Gasteiger charge is -2.27. The predicted octanol–water partition coefficient (Wildman–Crippen LogP) is 0.133. The van der Waals surface area contributed by atoms with Crippen molar-refractivity contribution < 1.29 is 8.42 Å². The van der Waals surface area contributed by atoms with Gasteiger partial charge in [-0.2, -0.15) is 5.10 Å². The van der Waals surface area contributed by atoms with Crippen LogP contribution in [0.1, 0.15) is 17.9 Å². The van der Waals surface area contributed by atoms with Gasteiger partial charge in [-0.05, 0) is 12.0 Å². The van der Waals surface area contributed by atoms with Crippen LogP contribution >= 0.6 is 24.0 Å². The normalized spacial score (nSPS) is 23.7. The first-order valence-corrected chi connectivity index (χ1v) is 10.7. The van der Waals surface area contributed by atoms with Crippen LogP contribution in [0.5, 0.6) is 0 Å². The molecule has 1 aromatic rings. The first-order valence-electron chi connectivity index (χ1n) is 8.84. The van der Waals surface area contributed by atoms with Crippen molar-refractivity contribution in [2.24, 2.45) is 12.0 Å². The van der Waals surface area contributed by atoms with Gasteiger partial charge in [-0.25, -0.2) is 8.42 Å². The van der Waals surface area contributed by atoms with E-state index in [1.54, 1.807) is 0 Å². The number of sulfone groups is 1. The quantitative estimate of drug-likeness (QED) is 0.363. The SMILES string of the molecule is CN=C(NCCN1CCS(=O)(=O)CC1)N1CCC(c2cnn(C)c2)C1.I. The Morgan fingerprint density at radius 2 is 2.08 bits per heavy atom. The Balaban J connectivity index is 0.00000243. The Bertz CT molecular complexity index is 706. The zero-order valence-corrected chi connectivity index (χ0v) is 18.6. The van der Waals surface area contributed by atoms with E-state index in [-0.39, 0.29) is 35.5 Å². The second-order valence-electron chi connectivity index (χ2n) is 6.85. The number of guanidine groups is 1. The highest BCUT2D eigenvalue weighted by molar-refractivity contribution is 14.0. The largest absolute Gasteiger partial charge is 0.355 e. The van der Waals surface area contributed by atoms with Gasteiger partial charge in [-0.15, -0.1) is 24.0 Å².